The molecule has 0 N–H and O–H groups in total. The fraction of sp³-hybridized carbons (Fsp3) is 0.444. The van der Waals surface area contributed by atoms with Crippen molar-refractivity contribution in [1.29, 1.82) is 0 Å². The van der Waals surface area contributed by atoms with Gasteiger partial charge in [-0.05, 0) is 49.6 Å². The van der Waals surface area contributed by atoms with E-state index in [4.69, 9.17) is 40.9 Å². The predicted octanol–water partition coefficient (Wildman–Crippen LogP) is 7.32. The maximum absolute atomic E-state index is 10.7. The Hall–Kier alpha value is -2.07. The van der Waals surface area contributed by atoms with Crippen molar-refractivity contribution in [3.63, 3.8) is 0 Å². The van der Waals surface area contributed by atoms with E-state index in [1.165, 1.54) is 11.1 Å². The second-order valence-corrected chi connectivity index (χ2v) is 12.4. The van der Waals surface area contributed by atoms with Crippen molar-refractivity contribution in [3.05, 3.63) is 82.4 Å². The smallest absolute Gasteiger partial charge is 0.485 e. The van der Waals surface area contributed by atoms with Gasteiger partial charge in [0.05, 0.1) is 11.3 Å². The highest BCUT2D eigenvalue weighted by molar-refractivity contribution is 7.86. The standard InChI is InChI=1S/C26H30Cl2NO.CHF3O3S/c1-5-13-26(4)15-22(19-7-6-8-21(28)14-19)24(18-9-11-20(27)12-10-18)29-23(17(2)3)16-30-25(26)29;2-1(3,4)8(5,6)7/h5-12,14,17,22-24H,1,13,15-16H2,2-4H3;(H,5,6,7)/q+1;/p-1/t22?,23?,24?,26-;/m0./s1. The molecule has 38 heavy (non-hydrogen) atoms. The van der Waals surface area contributed by atoms with E-state index in [1.54, 1.807) is 0 Å². The van der Waals surface area contributed by atoms with Gasteiger partial charge in [0.25, 0.3) is 0 Å². The van der Waals surface area contributed by atoms with Crippen LogP contribution in [-0.4, -0.2) is 41.6 Å². The van der Waals surface area contributed by atoms with Crippen LogP contribution in [0.15, 0.2) is 61.2 Å². The van der Waals surface area contributed by atoms with Gasteiger partial charge in [-0.3, -0.25) is 0 Å². The lowest BCUT2D eigenvalue weighted by Gasteiger charge is -2.39. The third kappa shape index (κ3) is 6.55. The lowest BCUT2D eigenvalue weighted by molar-refractivity contribution is -0.616. The molecule has 0 spiro atoms. The van der Waals surface area contributed by atoms with Crippen LogP contribution in [0.1, 0.15) is 56.7 Å². The van der Waals surface area contributed by atoms with Crippen LogP contribution in [0.25, 0.3) is 0 Å². The molecule has 0 amide bonds. The molecule has 5 nitrogen and oxygen atoms in total. The molecule has 2 heterocycles. The quantitative estimate of drug-likeness (QED) is 0.158. The molecule has 0 aliphatic carbocycles. The van der Waals surface area contributed by atoms with E-state index >= 15 is 0 Å². The number of benzene rings is 2. The van der Waals surface area contributed by atoms with E-state index in [0.717, 1.165) is 35.4 Å². The lowest BCUT2D eigenvalue weighted by atomic mass is 9.69. The number of hydrogen-bond donors (Lipinski definition) is 0. The van der Waals surface area contributed by atoms with Gasteiger partial charge in [0, 0.05) is 21.5 Å². The van der Waals surface area contributed by atoms with Crippen molar-refractivity contribution < 1.29 is 35.5 Å². The second kappa shape index (κ2) is 11.6. The van der Waals surface area contributed by atoms with Gasteiger partial charge in [-0.25, -0.2) is 8.42 Å². The minimum atomic E-state index is -6.09. The molecule has 0 radical (unpaired) electrons. The van der Waals surface area contributed by atoms with Gasteiger partial charge in [-0.1, -0.05) is 67.4 Å². The molecule has 0 fully saturated rings. The molecule has 2 aliphatic heterocycles. The number of alkyl halides is 3. The molecule has 3 unspecified atom stereocenters. The summed E-state index contributed by atoms with van der Waals surface area (Å²) < 4.78 is 67.9. The summed E-state index contributed by atoms with van der Waals surface area (Å²) in [6, 6.07) is 17.1. The van der Waals surface area contributed by atoms with Crippen molar-refractivity contribution in [3.8, 4) is 0 Å². The zero-order chi connectivity index (χ0) is 28.5. The first kappa shape index (κ1) is 30.5. The highest BCUT2D eigenvalue weighted by Crippen LogP contribution is 2.51. The van der Waals surface area contributed by atoms with E-state index in [-0.39, 0.29) is 17.4 Å². The van der Waals surface area contributed by atoms with Crippen molar-refractivity contribution in [2.75, 3.05) is 6.61 Å². The Labute approximate surface area is 231 Å². The molecular formula is C27H30Cl2F3NO4S. The average Bonchev–Trinajstić information content (AvgIpc) is 3.26. The molecule has 4 atom stereocenters. The Morgan fingerprint density at radius 1 is 1.16 bits per heavy atom. The normalized spacial score (nSPS) is 25.4. The molecule has 208 valence electrons. The minimum Gasteiger partial charge on any atom is -0.741 e. The van der Waals surface area contributed by atoms with Crippen LogP contribution in [0.4, 0.5) is 13.2 Å². The SMILES string of the molecule is C=CC[C@@]1(C)CC(c2cccc(Cl)c2)C(c2ccc(Cl)cc2)[N+]2=C1OCC2C(C)C.O=S(=O)([O-])C(F)(F)F. The Bertz CT molecular complexity index is 1300. The Morgan fingerprint density at radius 3 is 2.26 bits per heavy atom. The van der Waals surface area contributed by atoms with Gasteiger partial charge in [0.2, 0.25) is 0 Å². The van der Waals surface area contributed by atoms with Crippen LogP contribution < -0.4 is 0 Å². The Morgan fingerprint density at radius 2 is 1.76 bits per heavy atom. The van der Waals surface area contributed by atoms with Gasteiger partial charge in [-0.15, -0.1) is 6.58 Å². The van der Waals surface area contributed by atoms with Gasteiger partial charge in [0.15, 0.2) is 28.8 Å². The number of ether oxygens (including phenoxy) is 1. The predicted molar refractivity (Wildman–Crippen MR) is 142 cm³/mol. The van der Waals surface area contributed by atoms with E-state index in [9.17, 15) is 13.2 Å². The summed E-state index contributed by atoms with van der Waals surface area (Å²) in [5, 5.41) is 1.54. The number of hydrogen-bond acceptors (Lipinski definition) is 4. The zero-order valence-corrected chi connectivity index (χ0v) is 23.5. The second-order valence-electron chi connectivity index (χ2n) is 10.2. The summed E-state index contributed by atoms with van der Waals surface area (Å²) >= 11 is 12.7. The number of halogens is 5. The summed E-state index contributed by atoms with van der Waals surface area (Å²) in [5.41, 5.74) is -3.21. The van der Waals surface area contributed by atoms with Crippen LogP contribution in [0.3, 0.4) is 0 Å². The largest absolute Gasteiger partial charge is 0.741 e. The van der Waals surface area contributed by atoms with Crippen LogP contribution in [0.5, 0.6) is 0 Å². The Balaban J connectivity index is 0.000000436. The summed E-state index contributed by atoms with van der Waals surface area (Å²) in [6.45, 7) is 11.6. The molecule has 11 heteroatoms. The molecule has 0 aromatic heterocycles. The van der Waals surface area contributed by atoms with Crippen molar-refractivity contribution >= 4 is 39.2 Å². The molecular weight excluding hydrogens is 562 g/mol. The molecule has 2 aromatic carbocycles. The van der Waals surface area contributed by atoms with Gasteiger partial charge in [0.1, 0.15) is 0 Å². The number of rotatable bonds is 5. The molecule has 4 rings (SSSR count). The van der Waals surface area contributed by atoms with E-state index in [2.05, 4.69) is 62.3 Å². The minimum absolute atomic E-state index is 0.0959. The maximum Gasteiger partial charge on any atom is 0.485 e. The highest BCUT2D eigenvalue weighted by Gasteiger charge is 2.57. The van der Waals surface area contributed by atoms with Gasteiger partial charge >= 0.3 is 11.4 Å². The van der Waals surface area contributed by atoms with Crippen molar-refractivity contribution in [2.45, 2.75) is 57.1 Å². The molecule has 2 aromatic rings. The lowest BCUT2D eigenvalue weighted by Crippen LogP contribution is -2.46. The first-order valence-electron chi connectivity index (χ1n) is 12.0. The topological polar surface area (TPSA) is 69.4 Å². The summed E-state index contributed by atoms with van der Waals surface area (Å²) in [4.78, 5) is 0. The van der Waals surface area contributed by atoms with Crippen LogP contribution >= 0.6 is 23.2 Å². The van der Waals surface area contributed by atoms with Crippen LogP contribution in [-0.2, 0) is 14.9 Å². The first-order chi connectivity index (χ1) is 17.6. The summed E-state index contributed by atoms with van der Waals surface area (Å²) in [6.07, 6.45) is 3.88. The molecule has 0 bridgehead atoms. The van der Waals surface area contributed by atoms with Gasteiger partial charge < -0.3 is 9.29 Å². The summed E-state index contributed by atoms with van der Waals surface area (Å²) in [7, 11) is -6.09. The number of allylic oxidation sites excluding steroid dienone is 1. The first-order valence-corrected chi connectivity index (χ1v) is 14.2. The highest BCUT2D eigenvalue weighted by atomic mass is 35.5. The van der Waals surface area contributed by atoms with Crippen molar-refractivity contribution in [2.24, 2.45) is 11.3 Å². The molecule has 2 aliphatic rings. The third-order valence-corrected chi connectivity index (χ3v) is 8.04. The van der Waals surface area contributed by atoms with E-state index in [1.807, 2.05) is 24.3 Å². The Kier molecular flexibility index (Phi) is 9.29. The fourth-order valence-electron chi connectivity index (χ4n) is 5.26. The van der Waals surface area contributed by atoms with Gasteiger partial charge in [-0.2, -0.15) is 17.7 Å². The van der Waals surface area contributed by atoms with Crippen LogP contribution in [0, 0.1) is 11.3 Å². The van der Waals surface area contributed by atoms with Crippen LogP contribution in [0.2, 0.25) is 10.0 Å². The zero-order valence-electron chi connectivity index (χ0n) is 21.2. The van der Waals surface area contributed by atoms with E-state index in [0.29, 0.717) is 12.0 Å². The molecule has 0 saturated carbocycles. The van der Waals surface area contributed by atoms with Crippen molar-refractivity contribution in [1.82, 2.24) is 0 Å². The average molecular weight is 593 g/mol. The molecule has 0 saturated heterocycles. The number of nitrogens with zero attached hydrogens (tertiary/aromatic N) is 1. The monoisotopic (exact) mass is 591 g/mol. The third-order valence-electron chi connectivity index (χ3n) is 6.99. The fourth-order valence-corrected chi connectivity index (χ4v) is 5.58. The summed E-state index contributed by atoms with van der Waals surface area (Å²) in [5.74, 6) is 1.87. The van der Waals surface area contributed by atoms with E-state index < -0.39 is 15.6 Å². The maximum atomic E-state index is 10.7.